The van der Waals surface area contributed by atoms with Crippen LogP contribution in [0.25, 0.3) is 0 Å². The normalized spacial score (nSPS) is 13.1. The lowest BCUT2D eigenvalue weighted by atomic mass is 9.94. The molecular weight excluding hydrogens is 648 g/mol. The smallest absolute Gasteiger partial charge is 0.416 e. The highest BCUT2D eigenvalue weighted by molar-refractivity contribution is 9.10. The van der Waals surface area contributed by atoms with Crippen molar-refractivity contribution in [2.24, 2.45) is 23.7 Å². The molecule has 0 radical (unpaired) electrons. The van der Waals surface area contributed by atoms with Crippen LogP contribution in [0.1, 0.15) is 96.7 Å². The Morgan fingerprint density at radius 1 is 0.717 bits per heavy atom. The number of rotatable bonds is 11. The van der Waals surface area contributed by atoms with Crippen LogP contribution in [-0.2, 0) is 17.9 Å². The van der Waals surface area contributed by atoms with Crippen molar-refractivity contribution in [1.29, 1.82) is 0 Å². The van der Waals surface area contributed by atoms with Gasteiger partial charge in [0.15, 0.2) is 10.5 Å². The standard InChI is InChI=1S/C15H18BrNO2.C15H19NO2.C7H14O2/c1-10(2)11(3)13-14(16)19-15(18)17(13)9-12-7-5-4-6-8-12;1-11(2)12(3)14-10-18-15(17)16(14)9-13-7-5-4-6-8-13;1-5(2)6(3)7(9)4-8/h4-8,10-11H,9H2,1-3H3;4-8,10-12H,9H2,1-3H3;5-6,8H,4H2,1-3H3. The van der Waals surface area contributed by atoms with Crippen molar-refractivity contribution < 1.29 is 18.7 Å². The van der Waals surface area contributed by atoms with Crippen molar-refractivity contribution in [3.63, 3.8) is 0 Å². The Balaban J connectivity index is 0.000000256. The van der Waals surface area contributed by atoms with Crippen LogP contribution >= 0.6 is 15.9 Å². The number of aromatic nitrogens is 2. The highest BCUT2D eigenvalue weighted by Crippen LogP contribution is 2.30. The van der Waals surface area contributed by atoms with Crippen molar-refractivity contribution in [3.05, 3.63) is 115 Å². The van der Waals surface area contributed by atoms with Crippen molar-refractivity contribution in [3.8, 4) is 0 Å². The van der Waals surface area contributed by atoms with Crippen molar-refractivity contribution in [1.82, 2.24) is 9.13 Å². The van der Waals surface area contributed by atoms with E-state index in [1.165, 1.54) is 0 Å². The Hall–Kier alpha value is -3.43. The average Bonchev–Trinajstić information content (AvgIpc) is 3.53. The van der Waals surface area contributed by atoms with Gasteiger partial charge in [0.1, 0.15) is 12.9 Å². The fraction of sp³-hybridized carbons (Fsp3) is 0.486. The van der Waals surface area contributed by atoms with E-state index >= 15 is 0 Å². The molecule has 4 rings (SSSR count). The summed E-state index contributed by atoms with van der Waals surface area (Å²) in [5.41, 5.74) is 4.11. The quantitative estimate of drug-likeness (QED) is 0.170. The van der Waals surface area contributed by atoms with Gasteiger partial charge in [-0.15, -0.1) is 0 Å². The molecule has 0 amide bonds. The summed E-state index contributed by atoms with van der Waals surface area (Å²) < 4.78 is 14.2. The third kappa shape index (κ3) is 11.1. The summed E-state index contributed by atoms with van der Waals surface area (Å²) in [6, 6.07) is 19.9. The first kappa shape index (κ1) is 38.8. The second-order valence-corrected chi connectivity index (χ2v) is 13.5. The summed E-state index contributed by atoms with van der Waals surface area (Å²) >= 11 is 3.36. The molecule has 9 heteroatoms. The van der Waals surface area contributed by atoms with E-state index in [-0.39, 0.29) is 35.7 Å². The molecule has 0 spiro atoms. The number of carbonyl (C=O) groups excluding carboxylic acids is 1. The van der Waals surface area contributed by atoms with E-state index in [1.807, 2.05) is 81.4 Å². The van der Waals surface area contributed by atoms with Gasteiger partial charge in [-0.25, -0.2) is 9.59 Å². The van der Waals surface area contributed by atoms with Crippen LogP contribution in [0, 0.1) is 23.7 Å². The maximum atomic E-state index is 12.0. The van der Waals surface area contributed by atoms with Gasteiger partial charge in [-0.1, -0.05) is 123 Å². The van der Waals surface area contributed by atoms with E-state index < -0.39 is 0 Å². The molecule has 2 aromatic heterocycles. The fourth-order valence-electron chi connectivity index (χ4n) is 4.52. The Labute approximate surface area is 281 Å². The number of halogens is 1. The Morgan fingerprint density at radius 2 is 1.20 bits per heavy atom. The summed E-state index contributed by atoms with van der Waals surface area (Å²) in [5, 5.41) is 8.40. The Bertz CT molecular complexity index is 1580. The van der Waals surface area contributed by atoms with Crippen molar-refractivity contribution >= 4 is 21.7 Å². The monoisotopic (exact) mass is 698 g/mol. The van der Waals surface area contributed by atoms with Crippen molar-refractivity contribution in [2.45, 2.75) is 87.2 Å². The molecule has 1 N–H and O–H groups in total. The van der Waals surface area contributed by atoms with E-state index in [4.69, 9.17) is 13.9 Å². The van der Waals surface area contributed by atoms with E-state index in [1.54, 1.807) is 15.4 Å². The second kappa shape index (κ2) is 18.6. The summed E-state index contributed by atoms with van der Waals surface area (Å²) in [7, 11) is 0. The molecule has 3 atom stereocenters. The molecule has 2 heterocycles. The minimum atomic E-state index is -0.320. The van der Waals surface area contributed by atoms with E-state index in [0.29, 0.717) is 41.4 Å². The van der Waals surface area contributed by atoms with Crippen LogP contribution in [0.2, 0.25) is 0 Å². The third-order valence-electron chi connectivity index (χ3n) is 8.63. The molecule has 2 aromatic carbocycles. The molecule has 4 aromatic rings. The number of aliphatic hydroxyl groups is 1. The molecule has 0 aliphatic rings. The van der Waals surface area contributed by atoms with Crippen LogP contribution in [0.4, 0.5) is 0 Å². The molecule has 3 unspecified atom stereocenters. The first-order valence-corrected chi connectivity index (χ1v) is 16.8. The van der Waals surface area contributed by atoms with Gasteiger partial charge in [0, 0.05) is 17.8 Å². The molecule has 0 aliphatic heterocycles. The Morgan fingerprint density at radius 3 is 1.61 bits per heavy atom. The van der Waals surface area contributed by atoms with Gasteiger partial charge >= 0.3 is 11.5 Å². The topological polar surface area (TPSA) is 108 Å². The highest BCUT2D eigenvalue weighted by Gasteiger charge is 2.23. The van der Waals surface area contributed by atoms with Crippen LogP contribution in [0.3, 0.4) is 0 Å². The van der Waals surface area contributed by atoms with Gasteiger partial charge in [0.25, 0.3) is 0 Å². The third-order valence-corrected chi connectivity index (χ3v) is 9.20. The molecule has 46 heavy (non-hydrogen) atoms. The zero-order chi connectivity index (χ0) is 34.6. The Kier molecular flexibility index (Phi) is 15.7. The van der Waals surface area contributed by atoms with Gasteiger partial charge in [-0.2, -0.15) is 0 Å². The lowest BCUT2D eigenvalue weighted by Crippen LogP contribution is -2.20. The number of hydrogen-bond acceptors (Lipinski definition) is 6. The number of nitrogens with zero attached hydrogens (tertiary/aromatic N) is 2. The number of Topliss-reactive ketones (excluding diaryl/α,β-unsaturated/α-hetero) is 1. The number of aliphatic hydroxyl groups excluding tert-OH is 1. The molecule has 0 bridgehead atoms. The SMILES string of the molecule is CC(C)C(C)C(=O)CO.CC(C)C(C)c1c(Br)oc(=O)n1Cc1ccccc1.CC(C)C(C)c1coc(=O)n1Cc1ccccc1. The van der Waals surface area contributed by atoms with E-state index in [0.717, 1.165) is 22.5 Å². The van der Waals surface area contributed by atoms with Crippen LogP contribution in [0.5, 0.6) is 0 Å². The molecule has 0 saturated carbocycles. The van der Waals surface area contributed by atoms with E-state index in [9.17, 15) is 14.4 Å². The number of ketones is 1. The zero-order valence-corrected chi connectivity index (χ0v) is 30.3. The van der Waals surface area contributed by atoms with Gasteiger partial charge in [0.05, 0.1) is 24.5 Å². The summed E-state index contributed by atoms with van der Waals surface area (Å²) in [4.78, 5) is 34.4. The number of benzene rings is 2. The zero-order valence-electron chi connectivity index (χ0n) is 28.7. The van der Waals surface area contributed by atoms with Gasteiger partial charge in [0.2, 0.25) is 0 Å². The van der Waals surface area contributed by atoms with Gasteiger partial charge < -0.3 is 13.9 Å². The first-order chi connectivity index (χ1) is 21.7. The number of oxazole rings is 2. The first-order valence-electron chi connectivity index (χ1n) is 16.0. The molecular formula is C37H51BrN2O6. The average molecular weight is 700 g/mol. The van der Waals surface area contributed by atoms with Crippen LogP contribution < -0.4 is 11.5 Å². The van der Waals surface area contributed by atoms with Crippen molar-refractivity contribution in [2.75, 3.05) is 6.61 Å². The largest absolute Gasteiger partial charge is 0.420 e. The predicted molar refractivity (Wildman–Crippen MR) is 187 cm³/mol. The highest BCUT2D eigenvalue weighted by atomic mass is 79.9. The maximum Gasteiger partial charge on any atom is 0.420 e. The molecule has 8 nitrogen and oxygen atoms in total. The minimum Gasteiger partial charge on any atom is -0.416 e. The summed E-state index contributed by atoms with van der Waals surface area (Å²) in [6.07, 6.45) is 1.59. The van der Waals surface area contributed by atoms with E-state index in [2.05, 4.69) is 57.5 Å². The number of hydrogen-bond donors (Lipinski definition) is 1. The fourth-order valence-corrected chi connectivity index (χ4v) is 5.23. The van der Waals surface area contributed by atoms with Crippen LogP contribution in [-0.4, -0.2) is 26.6 Å². The molecule has 0 aliphatic carbocycles. The lowest BCUT2D eigenvalue weighted by Gasteiger charge is -2.17. The predicted octanol–water partition coefficient (Wildman–Crippen LogP) is 8.10. The number of carbonyl (C=O) groups is 1. The van der Waals surface area contributed by atoms with Gasteiger partial charge in [-0.3, -0.25) is 13.9 Å². The minimum absolute atomic E-state index is 0.00463. The lowest BCUT2D eigenvalue weighted by molar-refractivity contribution is -0.126. The molecule has 0 fully saturated rings. The van der Waals surface area contributed by atoms with Gasteiger partial charge in [-0.05, 0) is 44.8 Å². The summed E-state index contributed by atoms with van der Waals surface area (Å²) in [6.45, 7) is 19.4. The van der Waals surface area contributed by atoms with Crippen LogP contribution in [0.15, 0.2) is 90.0 Å². The second-order valence-electron chi connectivity index (χ2n) is 12.8. The maximum absolute atomic E-state index is 12.0. The summed E-state index contributed by atoms with van der Waals surface area (Å²) in [5.74, 6) is 1.16. The molecule has 0 saturated heterocycles. The molecule has 252 valence electrons.